The maximum absolute atomic E-state index is 12.3. The zero-order chi connectivity index (χ0) is 18.1. The van der Waals surface area contributed by atoms with Crippen molar-refractivity contribution < 1.29 is 9.59 Å². The summed E-state index contributed by atoms with van der Waals surface area (Å²) in [6, 6.07) is 17.0. The fraction of sp³-hybridized carbons (Fsp3) is 0.300. The molecule has 0 spiro atoms. The van der Waals surface area contributed by atoms with Gasteiger partial charge in [0.2, 0.25) is 5.91 Å². The van der Waals surface area contributed by atoms with E-state index < -0.39 is 0 Å². The average molecular weight is 339 g/mol. The SMILES string of the molecule is CCC(C)NCC(=O)Nc1cccc(C(=O)NCc2ccccc2)c1. The number of rotatable bonds is 8. The molecule has 3 N–H and O–H groups in total. The van der Waals surface area contributed by atoms with E-state index in [0.29, 0.717) is 23.8 Å². The normalized spacial score (nSPS) is 11.6. The van der Waals surface area contributed by atoms with Crippen LogP contribution in [0.4, 0.5) is 5.69 Å². The van der Waals surface area contributed by atoms with Crippen LogP contribution in [0.1, 0.15) is 36.2 Å². The monoisotopic (exact) mass is 339 g/mol. The lowest BCUT2D eigenvalue weighted by Gasteiger charge is -2.12. The average Bonchev–Trinajstić information content (AvgIpc) is 2.65. The van der Waals surface area contributed by atoms with Crippen molar-refractivity contribution in [3.63, 3.8) is 0 Å². The largest absolute Gasteiger partial charge is 0.348 e. The van der Waals surface area contributed by atoms with Gasteiger partial charge in [-0.05, 0) is 37.1 Å². The Morgan fingerprint density at radius 1 is 1.04 bits per heavy atom. The van der Waals surface area contributed by atoms with Crippen LogP contribution in [0, 0.1) is 0 Å². The van der Waals surface area contributed by atoms with Gasteiger partial charge in [0, 0.05) is 23.8 Å². The highest BCUT2D eigenvalue weighted by atomic mass is 16.2. The minimum absolute atomic E-state index is 0.123. The lowest BCUT2D eigenvalue weighted by atomic mass is 10.1. The molecule has 0 bridgehead atoms. The molecule has 0 aliphatic rings. The third-order valence-electron chi connectivity index (χ3n) is 3.93. The maximum atomic E-state index is 12.3. The number of amides is 2. The maximum Gasteiger partial charge on any atom is 0.251 e. The Bertz CT molecular complexity index is 701. The summed E-state index contributed by atoms with van der Waals surface area (Å²) in [5.74, 6) is -0.292. The Hall–Kier alpha value is -2.66. The Balaban J connectivity index is 1.89. The zero-order valence-corrected chi connectivity index (χ0v) is 14.7. The van der Waals surface area contributed by atoms with E-state index in [4.69, 9.17) is 0 Å². The standard InChI is InChI=1S/C20H25N3O2/c1-3-15(2)21-14-19(24)23-18-11-7-10-17(12-18)20(25)22-13-16-8-5-4-6-9-16/h4-12,15,21H,3,13-14H2,1-2H3,(H,22,25)(H,23,24). The van der Waals surface area contributed by atoms with Crippen LogP contribution in [0.15, 0.2) is 54.6 Å². The predicted octanol–water partition coefficient (Wildman–Crippen LogP) is 2.94. The summed E-state index contributed by atoms with van der Waals surface area (Å²) in [5.41, 5.74) is 2.17. The van der Waals surface area contributed by atoms with E-state index in [1.807, 2.05) is 37.3 Å². The second-order valence-corrected chi connectivity index (χ2v) is 5.99. The van der Waals surface area contributed by atoms with Crippen molar-refractivity contribution in [2.45, 2.75) is 32.9 Å². The molecule has 0 radical (unpaired) electrons. The zero-order valence-electron chi connectivity index (χ0n) is 14.7. The summed E-state index contributed by atoms with van der Waals surface area (Å²) in [5, 5.41) is 8.83. The highest BCUT2D eigenvalue weighted by Gasteiger charge is 2.08. The molecule has 0 aromatic heterocycles. The molecule has 2 aromatic carbocycles. The predicted molar refractivity (Wildman–Crippen MR) is 100 cm³/mol. The van der Waals surface area contributed by atoms with Crippen LogP contribution in [0.5, 0.6) is 0 Å². The molecule has 2 amide bonds. The molecule has 25 heavy (non-hydrogen) atoms. The molecule has 0 heterocycles. The van der Waals surface area contributed by atoms with Crippen LogP contribution in [0.25, 0.3) is 0 Å². The fourth-order valence-corrected chi connectivity index (χ4v) is 2.23. The van der Waals surface area contributed by atoms with E-state index in [-0.39, 0.29) is 18.4 Å². The van der Waals surface area contributed by atoms with E-state index in [9.17, 15) is 9.59 Å². The van der Waals surface area contributed by atoms with Gasteiger partial charge in [0.15, 0.2) is 0 Å². The van der Waals surface area contributed by atoms with Gasteiger partial charge in [-0.15, -0.1) is 0 Å². The molecule has 2 rings (SSSR count). The molecule has 0 saturated carbocycles. The summed E-state index contributed by atoms with van der Waals surface area (Å²) >= 11 is 0. The second kappa shape index (κ2) is 9.59. The minimum atomic E-state index is -0.169. The first kappa shape index (κ1) is 18.7. The number of hydrogen-bond acceptors (Lipinski definition) is 3. The van der Waals surface area contributed by atoms with E-state index in [1.54, 1.807) is 24.3 Å². The Kier molecular flexibility index (Phi) is 7.16. The molecular weight excluding hydrogens is 314 g/mol. The first-order chi connectivity index (χ1) is 12.1. The van der Waals surface area contributed by atoms with E-state index >= 15 is 0 Å². The van der Waals surface area contributed by atoms with Gasteiger partial charge in [-0.1, -0.05) is 43.3 Å². The van der Waals surface area contributed by atoms with Crippen LogP contribution in [-0.2, 0) is 11.3 Å². The second-order valence-electron chi connectivity index (χ2n) is 5.99. The van der Waals surface area contributed by atoms with Gasteiger partial charge in [0.05, 0.1) is 6.54 Å². The number of benzene rings is 2. The van der Waals surface area contributed by atoms with Gasteiger partial charge < -0.3 is 16.0 Å². The lowest BCUT2D eigenvalue weighted by Crippen LogP contribution is -2.34. The van der Waals surface area contributed by atoms with Crippen LogP contribution < -0.4 is 16.0 Å². The Morgan fingerprint density at radius 2 is 1.80 bits per heavy atom. The number of hydrogen-bond donors (Lipinski definition) is 3. The van der Waals surface area contributed by atoms with Crippen molar-refractivity contribution in [1.29, 1.82) is 0 Å². The van der Waals surface area contributed by atoms with Gasteiger partial charge in [-0.25, -0.2) is 0 Å². The summed E-state index contributed by atoms with van der Waals surface area (Å²) < 4.78 is 0. The highest BCUT2D eigenvalue weighted by molar-refractivity contribution is 5.97. The fourth-order valence-electron chi connectivity index (χ4n) is 2.23. The molecule has 132 valence electrons. The van der Waals surface area contributed by atoms with E-state index in [1.165, 1.54) is 0 Å². The van der Waals surface area contributed by atoms with Gasteiger partial charge in [-0.2, -0.15) is 0 Å². The summed E-state index contributed by atoms with van der Waals surface area (Å²) in [6.07, 6.45) is 0.963. The van der Waals surface area contributed by atoms with Crippen molar-refractivity contribution in [1.82, 2.24) is 10.6 Å². The molecular formula is C20H25N3O2. The van der Waals surface area contributed by atoms with Crippen molar-refractivity contribution in [2.24, 2.45) is 0 Å². The number of carbonyl (C=O) groups excluding carboxylic acids is 2. The Morgan fingerprint density at radius 3 is 2.52 bits per heavy atom. The molecule has 5 heteroatoms. The third kappa shape index (κ3) is 6.39. The lowest BCUT2D eigenvalue weighted by molar-refractivity contribution is -0.115. The summed E-state index contributed by atoms with van der Waals surface area (Å²) in [4.78, 5) is 24.2. The van der Waals surface area contributed by atoms with Crippen LogP contribution >= 0.6 is 0 Å². The Labute approximate surface area is 148 Å². The highest BCUT2D eigenvalue weighted by Crippen LogP contribution is 2.11. The van der Waals surface area contributed by atoms with Crippen LogP contribution in [0.2, 0.25) is 0 Å². The topological polar surface area (TPSA) is 70.2 Å². The molecule has 0 saturated heterocycles. The smallest absolute Gasteiger partial charge is 0.251 e. The van der Waals surface area contributed by atoms with Crippen LogP contribution in [-0.4, -0.2) is 24.4 Å². The van der Waals surface area contributed by atoms with E-state index in [2.05, 4.69) is 22.9 Å². The van der Waals surface area contributed by atoms with Crippen LogP contribution in [0.3, 0.4) is 0 Å². The quantitative estimate of drug-likeness (QED) is 0.692. The van der Waals surface area contributed by atoms with Crippen molar-refractivity contribution >= 4 is 17.5 Å². The number of anilines is 1. The van der Waals surface area contributed by atoms with Gasteiger partial charge in [0.1, 0.15) is 0 Å². The molecule has 0 fully saturated rings. The third-order valence-corrected chi connectivity index (χ3v) is 3.93. The molecule has 1 unspecified atom stereocenters. The molecule has 0 aliphatic carbocycles. The molecule has 5 nitrogen and oxygen atoms in total. The minimum Gasteiger partial charge on any atom is -0.348 e. The molecule has 1 atom stereocenters. The molecule has 2 aromatic rings. The van der Waals surface area contributed by atoms with E-state index in [0.717, 1.165) is 12.0 Å². The first-order valence-corrected chi connectivity index (χ1v) is 8.54. The van der Waals surface area contributed by atoms with Gasteiger partial charge in [0.25, 0.3) is 5.91 Å². The first-order valence-electron chi connectivity index (χ1n) is 8.54. The number of carbonyl (C=O) groups is 2. The van der Waals surface area contributed by atoms with Gasteiger partial charge in [-0.3, -0.25) is 9.59 Å². The molecule has 0 aliphatic heterocycles. The van der Waals surface area contributed by atoms with Gasteiger partial charge >= 0.3 is 0 Å². The van der Waals surface area contributed by atoms with Crippen molar-refractivity contribution in [2.75, 3.05) is 11.9 Å². The summed E-state index contributed by atoms with van der Waals surface area (Å²) in [7, 11) is 0. The van der Waals surface area contributed by atoms with Crippen molar-refractivity contribution in [3.05, 3.63) is 65.7 Å². The van der Waals surface area contributed by atoms with Crippen molar-refractivity contribution in [3.8, 4) is 0 Å². The summed E-state index contributed by atoms with van der Waals surface area (Å²) in [6.45, 7) is 4.81. The number of nitrogens with one attached hydrogen (secondary N) is 3.